The van der Waals surface area contributed by atoms with Crippen LogP contribution in [-0.2, 0) is 4.79 Å². The molecule has 0 aromatic heterocycles. The Labute approximate surface area is 197 Å². The van der Waals surface area contributed by atoms with Gasteiger partial charge < -0.3 is 15.0 Å². The van der Waals surface area contributed by atoms with Gasteiger partial charge in [-0.2, -0.15) is 0 Å². The van der Waals surface area contributed by atoms with Crippen molar-refractivity contribution in [2.24, 2.45) is 11.8 Å². The number of para-hydroxylation sites is 1. The van der Waals surface area contributed by atoms with Crippen LogP contribution >= 0.6 is 12.4 Å². The quantitative estimate of drug-likeness (QED) is 0.724. The summed E-state index contributed by atoms with van der Waals surface area (Å²) < 4.78 is 5.84. The number of ketones is 1. The van der Waals surface area contributed by atoms with E-state index in [-0.39, 0.29) is 12.4 Å². The number of ether oxygens (including phenoxy) is 1. The Morgan fingerprint density at radius 1 is 0.781 bits per heavy atom. The molecule has 6 fully saturated rings. The van der Waals surface area contributed by atoms with Gasteiger partial charge in [0.05, 0.1) is 6.54 Å². The first kappa shape index (κ1) is 23.1. The molecule has 1 unspecified atom stereocenters. The summed E-state index contributed by atoms with van der Waals surface area (Å²) in [6.07, 6.45) is 4.93. The van der Waals surface area contributed by atoms with Crippen LogP contribution in [0.15, 0.2) is 54.6 Å². The molecule has 0 radical (unpaired) electrons. The van der Waals surface area contributed by atoms with Crippen LogP contribution in [0.25, 0.3) is 0 Å². The van der Waals surface area contributed by atoms with Crippen LogP contribution in [-0.4, -0.2) is 60.9 Å². The van der Waals surface area contributed by atoms with Crippen molar-refractivity contribution in [1.82, 2.24) is 9.80 Å². The van der Waals surface area contributed by atoms with Crippen molar-refractivity contribution in [2.45, 2.75) is 31.7 Å². The maximum Gasteiger partial charge on any atom is 0.149 e. The zero-order valence-corrected chi connectivity index (χ0v) is 19.4. The lowest BCUT2D eigenvalue weighted by Gasteiger charge is -2.45. The molecule has 0 aliphatic carbocycles. The Morgan fingerprint density at radius 3 is 1.91 bits per heavy atom. The number of Topliss-reactive ketones (excluding diaryl/α,β-unsaturated/α-hetero) is 1. The zero-order valence-electron chi connectivity index (χ0n) is 18.6. The Morgan fingerprint density at radius 2 is 1.41 bits per heavy atom. The third kappa shape index (κ3) is 5.64. The first-order chi connectivity index (χ1) is 15.2. The molecule has 0 saturated carbocycles. The average Bonchev–Trinajstić information content (AvgIpc) is 2.83. The number of anilines is 1. The second kappa shape index (κ2) is 10.7. The molecule has 6 saturated heterocycles. The van der Waals surface area contributed by atoms with Crippen molar-refractivity contribution in [2.75, 3.05) is 44.6 Å². The van der Waals surface area contributed by atoms with Gasteiger partial charge >= 0.3 is 0 Å². The van der Waals surface area contributed by atoms with Gasteiger partial charge in [0.15, 0.2) is 0 Å². The number of benzene rings is 2. The fourth-order valence-corrected chi connectivity index (χ4v) is 5.35. The molecule has 172 valence electrons. The summed E-state index contributed by atoms with van der Waals surface area (Å²) in [6, 6.07) is 18.8. The summed E-state index contributed by atoms with van der Waals surface area (Å²) in [5, 5.41) is 3.71. The number of carbonyl (C=O) groups is 1. The van der Waals surface area contributed by atoms with E-state index in [0.717, 1.165) is 49.9 Å². The van der Waals surface area contributed by atoms with E-state index in [9.17, 15) is 4.79 Å². The van der Waals surface area contributed by atoms with Crippen LogP contribution in [0.5, 0.6) is 11.5 Å². The topological polar surface area (TPSA) is 44.8 Å². The molecule has 4 bridgehead atoms. The Balaban J connectivity index is 0.000000205. The molecule has 1 atom stereocenters. The zero-order chi connectivity index (χ0) is 21.0. The lowest BCUT2D eigenvalue weighted by molar-refractivity contribution is -0.130. The smallest absolute Gasteiger partial charge is 0.149 e. The van der Waals surface area contributed by atoms with E-state index in [1.807, 2.05) is 42.5 Å². The molecule has 1 N–H and O–H groups in total. The molecule has 6 aliphatic rings. The summed E-state index contributed by atoms with van der Waals surface area (Å²) in [4.78, 5) is 15.8. The van der Waals surface area contributed by atoms with E-state index < -0.39 is 0 Å². The summed E-state index contributed by atoms with van der Waals surface area (Å²) >= 11 is 0. The number of hydrogen-bond acceptors (Lipinski definition) is 5. The lowest BCUT2D eigenvalue weighted by atomic mass is 9.84. The molecule has 6 heterocycles. The van der Waals surface area contributed by atoms with Crippen LogP contribution in [0.2, 0.25) is 0 Å². The second-order valence-corrected chi connectivity index (χ2v) is 9.35. The first-order valence-electron chi connectivity index (χ1n) is 11.8. The second-order valence-electron chi connectivity index (χ2n) is 9.35. The van der Waals surface area contributed by atoms with E-state index in [1.165, 1.54) is 38.2 Å². The van der Waals surface area contributed by atoms with Crippen molar-refractivity contribution >= 4 is 23.9 Å². The molecule has 2 aromatic rings. The number of carbonyl (C=O) groups excluding carboxylic acids is 1. The maximum atomic E-state index is 11.0. The van der Waals surface area contributed by atoms with Gasteiger partial charge in [-0.15, -0.1) is 12.4 Å². The largest absolute Gasteiger partial charge is 0.457 e. The van der Waals surface area contributed by atoms with Gasteiger partial charge in [0.25, 0.3) is 0 Å². The highest BCUT2D eigenvalue weighted by atomic mass is 35.5. The number of hydrogen-bond donors (Lipinski definition) is 1. The van der Waals surface area contributed by atoms with Crippen molar-refractivity contribution in [1.29, 1.82) is 0 Å². The molecule has 8 rings (SSSR count). The predicted molar refractivity (Wildman–Crippen MR) is 131 cm³/mol. The summed E-state index contributed by atoms with van der Waals surface area (Å²) in [5.41, 5.74) is 1.19. The van der Waals surface area contributed by atoms with Gasteiger partial charge in [-0.1, -0.05) is 18.2 Å². The first-order valence-corrected chi connectivity index (χ1v) is 11.8. The number of nitrogens with one attached hydrogen (secondary N) is 1. The minimum absolute atomic E-state index is 0. The highest BCUT2D eigenvalue weighted by Crippen LogP contribution is 2.30. The molecular formula is C26H34ClN3O2. The molecule has 0 spiro atoms. The van der Waals surface area contributed by atoms with Crippen molar-refractivity contribution < 1.29 is 9.53 Å². The molecule has 6 aliphatic heterocycles. The summed E-state index contributed by atoms with van der Waals surface area (Å²) in [5.74, 6) is 3.51. The standard InChI is InChI=1S/C19H22N2O.C7H11NO.ClH/c1-2-4-17(5-3-1)22-18-8-6-16(7-9-18)20-19-14-21-12-10-15(19)11-13-21;9-7-5-8-3-1-6(7)2-4-8;/h1-9,15,19-20H,10-14H2;6H,1-5H2;1H. The molecule has 32 heavy (non-hydrogen) atoms. The van der Waals surface area contributed by atoms with Crippen LogP contribution in [0.3, 0.4) is 0 Å². The number of piperidine rings is 6. The van der Waals surface area contributed by atoms with Gasteiger partial charge in [0.2, 0.25) is 0 Å². The SMILES string of the molecule is Cl.O=C1CN2CCC1CC2.c1ccc(Oc2ccc(NC3CN4CCC3CC4)cc2)cc1. The predicted octanol–water partition coefficient (Wildman–Crippen LogP) is 4.69. The van der Waals surface area contributed by atoms with Crippen LogP contribution in [0, 0.1) is 11.8 Å². The molecule has 0 amide bonds. The third-order valence-corrected chi connectivity index (χ3v) is 7.26. The number of rotatable bonds is 4. The fourth-order valence-electron chi connectivity index (χ4n) is 5.35. The summed E-state index contributed by atoms with van der Waals surface area (Å²) in [6.45, 7) is 6.82. The fraction of sp³-hybridized carbons (Fsp3) is 0.500. The van der Waals surface area contributed by atoms with Gasteiger partial charge in [-0.05, 0) is 94.2 Å². The van der Waals surface area contributed by atoms with Crippen LogP contribution in [0.4, 0.5) is 5.69 Å². The van der Waals surface area contributed by atoms with Gasteiger partial charge in [0.1, 0.15) is 17.3 Å². The monoisotopic (exact) mass is 455 g/mol. The van der Waals surface area contributed by atoms with E-state index in [4.69, 9.17) is 4.74 Å². The van der Waals surface area contributed by atoms with E-state index in [0.29, 0.717) is 17.7 Å². The van der Waals surface area contributed by atoms with Crippen molar-refractivity contribution in [3.8, 4) is 11.5 Å². The highest BCUT2D eigenvalue weighted by Gasteiger charge is 2.34. The van der Waals surface area contributed by atoms with Gasteiger partial charge in [0, 0.05) is 24.2 Å². The average molecular weight is 456 g/mol. The van der Waals surface area contributed by atoms with E-state index in [2.05, 4.69) is 27.2 Å². The highest BCUT2D eigenvalue weighted by molar-refractivity contribution is 5.85. The Bertz CT molecular complexity index is 860. The van der Waals surface area contributed by atoms with E-state index >= 15 is 0 Å². The van der Waals surface area contributed by atoms with Gasteiger partial charge in [-0.25, -0.2) is 0 Å². The van der Waals surface area contributed by atoms with Crippen molar-refractivity contribution in [3.63, 3.8) is 0 Å². The number of fused-ring (bicyclic) bond motifs is 6. The normalized spacial score (nSPS) is 30.0. The lowest BCUT2D eigenvalue weighted by Crippen LogP contribution is -2.53. The van der Waals surface area contributed by atoms with Crippen LogP contribution in [0.1, 0.15) is 25.7 Å². The Hall–Kier alpha value is -2.08. The third-order valence-electron chi connectivity index (χ3n) is 7.26. The van der Waals surface area contributed by atoms with E-state index in [1.54, 1.807) is 0 Å². The maximum absolute atomic E-state index is 11.0. The molecule has 5 nitrogen and oxygen atoms in total. The summed E-state index contributed by atoms with van der Waals surface area (Å²) in [7, 11) is 0. The van der Waals surface area contributed by atoms with Crippen LogP contribution < -0.4 is 10.1 Å². The minimum atomic E-state index is 0. The molecular weight excluding hydrogens is 422 g/mol. The minimum Gasteiger partial charge on any atom is -0.457 e. The van der Waals surface area contributed by atoms with Crippen molar-refractivity contribution in [3.05, 3.63) is 54.6 Å². The molecule has 6 heteroatoms. The number of halogens is 1. The molecule has 2 aromatic carbocycles. The van der Waals surface area contributed by atoms with Gasteiger partial charge in [-0.3, -0.25) is 9.69 Å². The Kier molecular flexibility index (Phi) is 7.71. The number of nitrogens with zero attached hydrogens (tertiary/aromatic N) is 2.